The van der Waals surface area contributed by atoms with Crippen LogP contribution in [0.25, 0.3) is 10.9 Å². The average Bonchev–Trinajstić information content (AvgIpc) is 2.97. The van der Waals surface area contributed by atoms with Crippen LogP contribution in [0, 0.1) is 25.5 Å². The van der Waals surface area contributed by atoms with E-state index in [-0.39, 0.29) is 24.0 Å². The van der Waals surface area contributed by atoms with E-state index in [1.807, 2.05) is 6.07 Å². The molecule has 0 saturated carbocycles. The number of nitrogens with zero attached hydrogens (tertiary/aromatic N) is 2. The Bertz CT molecular complexity index is 1140. The van der Waals surface area contributed by atoms with Crippen LogP contribution in [0.15, 0.2) is 60.8 Å². The Labute approximate surface area is 180 Å². The molecule has 0 aliphatic heterocycles. The lowest BCUT2D eigenvalue weighted by molar-refractivity contribution is 0.312. The van der Waals surface area contributed by atoms with Crippen molar-refractivity contribution in [2.75, 3.05) is 6.61 Å². The number of rotatable bonds is 6. The molecule has 0 saturated heterocycles. The van der Waals surface area contributed by atoms with Crippen molar-refractivity contribution in [3.8, 4) is 5.88 Å². The molecule has 0 radical (unpaired) electrons. The maximum atomic E-state index is 13.3. The van der Waals surface area contributed by atoms with Crippen molar-refractivity contribution in [1.82, 2.24) is 9.55 Å². The van der Waals surface area contributed by atoms with Crippen LogP contribution in [0.3, 0.4) is 0 Å². The van der Waals surface area contributed by atoms with Crippen molar-refractivity contribution in [3.63, 3.8) is 0 Å². The summed E-state index contributed by atoms with van der Waals surface area (Å²) >= 11 is 0. The first kappa shape index (κ1) is 21.8. The fourth-order valence-corrected chi connectivity index (χ4v) is 3.56. The maximum absolute atomic E-state index is 13.3. The molecule has 30 heavy (non-hydrogen) atoms. The van der Waals surface area contributed by atoms with E-state index in [0.29, 0.717) is 25.5 Å². The van der Waals surface area contributed by atoms with Crippen molar-refractivity contribution >= 4 is 23.3 Å². The average molecular weight is 429 g/mol. The third-order valence-corrected chi connectivity index (χ3v) is 5.31. The van der Waals surface area contributed by atoms with Crippen LogP contribution in [0.1, 0.15) is 22.4 Å². The van der Waals surface area contributed by atoms with Crippen molar-refractivity contribution in [2.45, 2.75) is 26.8 Å². The summed E-state index contributed by atoms with van der Waals surface area (Å²) in [6.07, 6.45) is 2.42. The zero-order valence-electron chi connectivity index (χ0n) is 16.9. The summed E-state index contributed by atoms with van der Waals surface area (Å²) in [5.74, 6) is 0.0825. The van der Waals surface area contributed by atoms with Crippen LogP contribution >= 0.6 is 12.4 Å². The van der Waals surface area contributed by atoms with E-state index < -0.39 is 0 Å². The molecule has 0 aliphatic rings. The molecule has 6 heteroatoms. The molecule has 2 aromatic heterocycles. The number of halogens is 3. The van der Waals surface area contributed by atoms with Crippen LogP contribution in [-0.4, -0.2) is 16.2 Å². The molecule has 2 aromatic carbocycles. The van der Waals surface area contributed by atoms with Crippen LogP contribution in [0.5, 0.6) is 5.88 Å². The lowest BCUT2D eigenvalue weighted by atomic mass is 10.1. The Morgan fingerprint density at radius 1 is 0.867 bits per heavy atom. The number of hydrogen-bond donors (Lipinski definition) is 0. The molecule has 0 bridgehead atoms. The second-order valence-corrected chi connectivity index (χ2v) is 7.16. The van der Waals surface area contributed by atoms with Crippen LogP contribution in [-0.2, 0) is 13.0 Å². The predicted molar refractivity (Wildman–Crippen MR) is 118 cm³/mol. The van der Waals surface area contributed by atoms with Crippen LogP contribution in [0.4, 0.5) is 8.78 Å². The maximum Gasteiger partial charge on any atom is 0.238 e. The monoisotopic (exact) mass is 428 g/mol. The fourth-order valence-electron chi connectivity index (χ4n) is 3.56. The van der Waals surface area contributed by atoms with Crippen molar-refractivity contribution in [3.05, 3.63) is 94.8 Å². The minimum absolute atomic E-state index is 0. The smallest absolute Gasteiger partial charge is 0.238 e. The molecule has 4 aromatic rings. The van der Waals surface area contributed by atoms with Gasteiger partial charge in [-0.25, -0.2) is 13.8 Å². The molecule has 0 spiro atoms. The largest absolute Gasteiger partial charge is 0.476 e. The predicted octanol–water partition coefficient (Wildman–Crippen LogP) is 6.02. The van der Waals surface area contributed by atoms with Gasteiger partial charge in [-0.3, -0.25) is 0 Å². The molecule has 0 fully saturated rings. The minimum atomic E-state index is -0.245. The molecule has 156 valence electrons. The SMILES string of the molecule is Cc1c(C)n(Cc2ccc(F)cc2)c2c(OCCc3ccc(F)cc3)nccc12.Cl. The molecule has 0 N–H and O–H groups in total. The van der Waals surface area contributed by atoms with Gasteiger partial charge in [0.1, 0.15) is 17.2 Å². The van der Waals surface area contributed by atoms with E-state index in [4.69, 9.17) is 4.74 Å². The molecule has 0 atom stereocenters. The third-order valence-electron chi connectivity index (χ3n) is 5.31. The highest BCUT2D eigenvalue weighted by Gasteiger charge is 2.16. The summed E-state index contributed by atoms with van der Waals surface area (Å²) in [4.78, 5) is 4.46. The molecule has 0 aliphatic carbocycles. The van der Waals surface area contributed by atoms with Gasteiger partial charge in [0.05, 0.1) is 6.61 Å². The second-order valence-electron chi connectivity index (χ2n) is 7.16. The summed E-state index contributed by atoms with van der Waals surface area (Å²) in [5, 5.41) is 1.09. The molecule has 2 heterocycles. The van der Waals surface area contributed by atoms with Crippen LogP contribution in [0.2, 0.25) is 0 Å². The van der Waals surface area contributed by atoms with E-state index >= 15 is 0 Å². The quantitative estimate of drug-likeness (QED) is 0.375. The van der Waals surface area contributed by atoms with E-state index in [0.717, 1.165) is 27.7 Å². The number of benzene rings is 2. The highest BCUT2D eigenvalue weighted by Crippen LogP contribution is 2.31. The molecule has 3 nitrogen and oxygen atoms in total. The van der Waals surface area contributed by atoms with Crippen molar-refractivity contribution in [2.24, 2.45) is 0 Å². The normalized spacial score (nSPS) is 10.8. The minimum Gasteiger partial charge on any atom is -0.476 e. The standard InChI is InChI=1S/C24H22F2N2O.ClH/c1-16-17(2)28(15-19-5-9-21(26)10-6-19)23-22(16)11-13-27-24(23)29-14-12-18-3-7-20(25)8-4-18;/h3-11,13H,12,14-15H2,1-2H3;1H. The van der Waals surface area contributed by atoms with E-state index in [1.165, 1.54) is 29.8 Å². The Balaban J connectivity index is 0.00000256. The third kappa shape index (κ3) is 4.46. The summed E-state index contributed by atoms with van der Waals surface area (Å²) < 4.78 is 34.5. The number of aromatic nitrogens is 2. The van der Waals surface area contributed by atoms with E-state index in [1.54, 1.807) is 30.5 Å². The highest BCUT2D eigenvalue weighted by molar-refractivity contribution is 5.89. The first-order valence-electron chi connectivity index (χ1n) is 9.59. The number of aryl methyl sites for hydroxylation is 1. The van der Waals surface area contributed by atoms with Crippen molar-refractivity contribution < 1.29 is 13.5 Å². The topological polar surface area (TPSA) is 27.1 Å². The Morgan fingerprint density at radius 3 is 2.10 bits per heavy atom. The lowest BCUT2D eigenvalue weighted by Gasteiger charge is -2.12. The van der Waals surface area contributed by atoms with Gasteiger partial charge >= 0.3 is 0 Å². The number of ether oxygens (including phenoxy) is 1. The summed E-state index contributed by atoms with van der Waals surface area (Å²) in [6.45, 7) is 5.20. The van der Waals surface area contributed by atoms with Crippen molar-refractivity contribution in [1.29, 1.82) is 0 Å². The van der Waals surface area contributed by atoms with Gasteiger partial charge in [0.15, 0.2) is 0 Å². The molecule has 0 amide bonds. The van der Waals surface area contributed by atoms with Gasteiger partial charge in [0, 0.05) is 30.2 Å². The summed E-state index contributed by atoms with van der Waals surface area (Å²) in [7, 11) is 0. The van der Waals surface area contributed by atoms with Gasteiger partial charge < -0.3 is 9.30 Å². The van der Waals surface area contributed by atoms with Gasteiger partial charge in [-0.05, 0) is 60.9 Å². The zero-order chi connectivity index (χ0) is 20.4. The summed E-state index contributed by atoms with van der Waals surface area (Å²) in [6, 6.07) is 15.0. The van der Waals surface area contributed by atoms with E-state index in [9.17, 15) is 8.78 Å². The van der Waals surface area contributed by atoms with Gasteiger partial charge in [0.2, 0.25) is 5.88 Å². The Kier molecular flexibility index (Phi) is 6.73. The Hall–Kier alpha value is -2.92. The van der Waals surface area contributed by atoms with Gasteiger partial charge in [-0.15, -0.1) is 12.4 Å². The van der Waals surface area contributed by atoms with Gasteiger partial charge in [-0.1, -0.05) is 24.3 Å². The lowest BCUT2D eigenvalue weighted by Crippen LogP contribution is -2.07. The number of hydrogen-bond acceptors (Lipinski definition) is 2. The molecule has 4 rings (SSSR count). The summed E-state index contributed by atoms with van der Waals surface area (Å²) in [5.41, 5.74) is 5.25. The van der Waals surface area contributed by atoms with Gasteiger partial charge in [0.25, 0.3) is 0 Å². The number of pyridine rings is 1. The highest BCUT2D eigenvalue weighted by atomic mass is 35.5. The Morgan fingerprint density at radius 2 is 1.47 bits per heavy atom. The van der Waals surface area contributed by atoms with E-state index in [2.05, 4.69) is 23.4 Å². The van der Waals surface area contributed by atoms with Crippen LogP contribution < -0.4 is 4.74 Å². The van der Waals surface area contributed by atoms with Gasteiger partial charge in [-0.2, -0.15) is 0 Å². The second kappa shape index (κ2) is 9.26. The zero-order valence-corrected chi connectivity index (χ0v) is 17.7. The first-order valence-corrected chi connectivity index (χ1v) is 9.59. The number of fused-ring (bicyclic) bond motifs is 1. The molecular weight excluding hydrogens is 406 g/mol. The molecule has 0 unspecified atom stereocenters. The molecular formula is C24H23ClF2N2O. The first-order chi connectivity index (χ1) is 14.0. The fraction of sp³-hybridized carbons (Fsp3) is 0.208.